The highest BCUT2D eigenvalue weighted by Crippen LogP contribution is 2.12. The molecule has 0 unspecified atom stereocenters. The molecule has 0 N–H and O–H groups in total. The number of likely N-dealkylation sites (N-methyl/N-ethyl adjacent to an activating group) is 1. The van der Waals surface area contributed by atoms with Crippen molar-refractivity contribution in [3.63, 3.8) is 0 Å². The van der Waals surface area contributed by atoms with Gasteiger partial charge in [0.1, 0.15) is 6.54 Å². The Bertz CT molecular complexity index is 604. The van der Waals surface area contributed by atoms with E-state index in [-0.39, 0.29) is 12.5 Å². The number of aromatic nitrogens is 2. The summed E-state index contributed by atoms with van der Waals surface area (Å²) in [6.45, 7) is 4.78. The van der Waals surface area contributed by atoms with E-state index in [1.54, 1.807) is 9.58 Å². The molecule has 0 radical (unpaired) electrons. The van der Waals surface area contributed by atoms with Crippen LogP contribution in [0.5, 0.6) is 0 Å². The molecule has 0 atom stereocenters. The van der Waals surface area contributed by atoms with Crippen molar-refractivity contribution in [1.29, 1.82) is 0 Å². The SMILES string of the molecule is Cc1cc(C)n(CC(=O)N(C)Cc2ccc(Br)cc2)n1. The average molecular weight is 336 g/mol. The number of rotatable bonds is 4. The second-order valence-corrected chi connectivity index (χ2v) is 5.88. The highest BCUT2D eigenvalue weighted by atomic mass is 79.9. The largest absolute Gasteiger partial charge is 0.340 e. The van der Waals surface area contributed by atoms with Crippen molar-refractivity contribution in [2.45, 2.75) is 26.9 Å². The predicted molar refractivity (Wildman–Crippen MR) is 82.3 cm³/mol. The normalized spacial score (nSPS) is 10.6. The first-order chi connectivity index (χ1) is 9.45. The maximum atomic E-state index is 12.2. The fraction of sp³-hybridized carbons (Fsp3) is 0.333. The molecule has 0 aliphatic heterocycles. The molecule has 2 rings (SSSR count). The lowest BCUT2D eigenvalue weighted by Gasteiger charge is -2.17. The Kier molecular flexibility index (Phi) is 4.60. The summed E-state index contributed by atoms with van der Waals surface area (Å²) in [4.78, 5) is 13.9. The number of carbonyl (C=O) groups excluding carboxylic acids is 1. The molecule has 0 spiro atoms. The number of halogens is 1. The number of benzene rings is 1. The lowest BCUT2D eigenvalue weighted by Crippen LogP contribution is -2.30. The van der Waals surface area contributed by atoms with Crippen LogP contribution in [0.25, 0.3) is 0 Å². The van der Waals surface area contributed by atoms with Gasteiger partial charge in [-0.25, -0.2) is 0 Å². The number of hydrogen-bond donors (Lipinski definition) is 0. The predicted octanol–water partition coefficient (Wildman–Crippen LogP) is 2.92. The summed E-state index contributed by atoms with van der Waals surface area (Å²) in [5.74, 6) is 0.0547. The standard InChI is InChI=1S/C15H18BrN3O/c1-11-8-12(2)19(17-11)10-15(20)18(3)9-13-4-6-14(16)7-5-13/h4-8H,9-10H2,1-3H3. The number of nitrogens with zero attached hydrogens (tertiary/aromatic N) is 3. The van der Waals surface area contributed by atoms with Gasteiger partial charge in [0, 0.05) is 23.8 Å². The first-order valence-electron chi connectivity index (χ1n) is 6.45. The Morgan fingerprint density at radius 2 is 1.95 bits per heavy atom. The molecule has 0 saturated carbocycles. The van der Waals surface area contributed by atoms with Gasteiger partial charge >= 0.3 is 0 Å². The molecule has 2 aromatic rings. The van der Waals surface area contributed by atoms with Crippen LogP contribution in [0.1, 0.15) is 17.0 Å². The third kappa shape index (κ3) is 3.70. The van der Waals surface area contributed by atoms with Crippen LogP contribution < -0.4 is 0 Å². The van der Waals surface area contributed by atoms with Gasteiger partial charge < -0.3 is 4.90 Å². The van der Waals surface area contributed by atoms with Crippen molar-refractivity contribution in [2.24, 2.45) is 0 Å². The molecule has 1 aromatic heterocycles. The molecule has 0 aliphatic carbocycles. The van der Waals surface area contributed by atoms with Gasteiger partial charge in [-0.15, -0.1) is 0 Å². The fourth-order valence-electron chi connectivity index (χ4n) is 2.04. The van der Waals surface area contributed by atoms with Gasteiger partial charge in [-0.3, -0.25) is 9.48 Å². The molecule has 5 heteroatoms. The van der Waals surface area contributed by atoms with Gasteiger partial charge in [0.2, 0.25) is 5.91 Å². The Labute approximate surface area is 127 Å². The van der Waals surface area contributed by atoms with E-state index >= 15 is 0 Å². The minimum absolute atomic E-state index is 0.0547. The summed E-state index contributed by atoms with van der Waals surface area (Å²) in [5, 5.41) is 4.31. The molecule has 0 fully saturated rings. The molecular weight excluding hydrogens is 318 g/mol. The topological polar surface area (TPSA) is 38.1 Å². The third-order valence-corrected chi connectivity index (χ3v) is 3.68. The van der Waals surface area contributed by atoms with E-state index in [1.807, 2.05) is 51.2 Å². The smallest absolute Gasteiger partial charge is 0.244 e. The molecule has 0 aliphatic rings. The second kappa shape index (κ2) is 6.22. The van der Waals surface area contributed by atoms with Crippen molar-refractivity contribution in [3.8, 4) is 0 Å². The van der Waals surface area contributed by atoms with Gasteiger partial charge in [0.25, 0.3) is 0 Å². The van der Waals surface area contributed by atoms with E-state index in [4.69, 9.17) is 0 Å². The minimum atomic E-state index is 0.0547. The lowest BCUT2D eigenvalue weighted by atomic mass is 10.2. The monoisotopic (exact) mass is 335 g/mol. The Morgan fingerprint density at radius 1 is 1.30 bits per heavy atom. The molecule has 20 heavy (non-hydrogen) atoms. The lowest BCUT2D eigenvalue weighted by molar-refractivity contribution is -0.131. The summed E-state index contributed by atoms with van der Waals surface area (Å²) in [7, 11) is 1.82. The van der Waals surface area contributed by atoms with Crippen molar-refractivity contribution >= 4 is 21.8 Å². The van der Waals surface area contributed by atoms with E-state index in [0.717, 1.165) is 21.4 Å². The van der Waals surface area contributed by atoms with Crippen LogP contribution in [-0.2, 0) is 17.9 Å². The maximum absolute atomic E-state index is 12.2. The fourth-order valence-corrected chi connectivity index (χ4v) is 2.30. The van der Waals surface area contributed by atoms with Gasteiger partial charge in [-0.1, -0.05) is 28.1 Å². The van der Waals surface area contributed by atoms with E-state index in [9.17, 15) is 4.79 Å². The van der Waals surface area contributed by atoms with Crippen LogP contribution in [0.2, 0.25) is 0 Å². The maximum Gasteiger partial charge on any atom is 0.244 e. The Morgan fingerprint density at radius 3 is 2.50 bits per heavy atom. The third-order valence-electron chi connectivity index (χ3n) is 3.15. The number of aryl methyl sites for hydroxylation is 2. The molecule has 0 bridgehead atoms. The van der Waals surface area contributed by atoms with Crippen LogP contribution in [0.3, 0.4) is 0 Å². The molecule has 1 amide bonds. The minimum Gasteiger partial charge on any atom is -0.340 e. The first-order valence-corrected chi connectivity index (χ1v) is 7.24. The highest BCUT2D eigenvalue weighted by Gasteiger charge is 2.12. The Balaban J connectivity index is 1.98. The highest BCUT2D eigenvalue weighted by molar-refractivity contribution is 9.10. The van der Waals surface area contributed by atoms with Crippen LogP contribution in [-0.4, -0.2) is 27.6 Å². The Hall–Kier alpha value is -1.62. The van der Waals surface area contributed by atoms with Gasteiger partial charge in [-0.05, 0) is 37.6 Å². The van der Waals surface area contributed by atoms with Crippen LogP contribution in [0.4, 0.5) is 0 Å². The first kappa shape index (κ1) is 14.8. The van der Waals surface area contributed by atoms with E-state index < -0.39 is 0 Å². The second-order valence-electron chi connectivity index (χ2n) is 4.96. The van der Waals surface area contributed by atoms with Crippen LogP contribution >= 0.6 is 15.9 Å². The molecule has 0 saturated heterocycles. The summed E-state index contributed by atoms with van der Waals surface area (Å²) in [5.41, 5.74) is 3.05. The van der Waals surface area contributed by atoms with Crippen molar-refractivity contribution in [1.82, 2.24) is 14.7 Å². The number of amides is 1. The molecule has 1 aromatic carbocycles. The van der Waals surface area contributed by atoms with Gasteiger partial charge in [0.05, 0.1) is 5.69 Å². The number of carbonyl (C=O) groups is 1. The molecular formula is C15H18BrN3O. The summed E-state index contributed by atoms with van der Waals surface area (Å²) < 4.78 is 2.79. The van der Waals surface area contributed by atoms with Gasteiger partial charge in [0.15, 0.2) is 0 Å². The quantitative estimate of drug-likeness (QED) is 0.861. The average Bonchev–Trinajstić information content (AvgIpc) is 2.70. The molecule has 1 heterocycles. The van der Waals surface area contributed by atoms with Gasteiger partial charge in [-0.2, -0.15) is 5.10 Å². The summed E-state index contributed by atoms with van der Waals surface area (Å²) in [6, 6.07) is 9.96. The van der Waals surface area contributed by atoms with Crippen LogP contribution in [0.15, 0.2) is 34.8 Å². The summed E-state index contributed by atoms with van der Waals surface area (Å²) >= 11 is 3.40. The van der Waals surface area contributed by atoms with Crippen molar-refractivity contribution in [3.05, 3.63) is 51.8 Å². The summed E-state index contributed by atoms with van der Waals surface area (Å²) in [6.07, 6.45) is 0. The van der Waals surface area contributed by atoms with E-state index in [0.29, 0.717) is 6.54 Å². The molecule has 106 valence electrons. The number of hydrogen-bond acceptors (Lipinski definition) is 2. The zero-order valence-electron chi connectivity index (χ0n) is 11.9. The van der Waals surface area contributed by atoms with E-state index in [2.05, 4.69) is 21.0 Å². The zero-order chi connectivity index (χ0) is 14.7. The van der Waals surface area contributed by atoms with Crippen molar-refractivity contribution in [2.75, 3.05) is 7.05 Å². The van der Waals surface area contributed by atoms with Crippen LogP contribution in [0, 0.1) is 13.8 Å². The van der Waals surface area contributed by atoms with E-state index in [1.165, 1.54) is 0 Å². The molecule has 4 nitrogen and oxygen atoms in total. The van der Waals surface area contributed by atoms with Crippen molar-refractivity contribution < 1.29 is 4.79 Å². The zero-order valence-corrected chi connectivity index (χ0v) is 13.5.